The van der Waals surface area contributed by atoms with Crippen molar-refractivity contribution in [3.63, 3.8) is 0 Å². The van der Waals surface area contributed by atoms with Crippen LogP contribution in [-0.4, -0.2) is 23.8 Å². The smallest absolute Gasteiger partial charge is 0.234 e. The Kier molecular flexibility index (Phi) is 4.84. The fourth-order valence-electron chi connectivity index (χ4n) is 1.57. The number of hydrogen-bond acceptors (Lipinski definition) is 5. The highest BCUT2D eigenvalue weighted by Crippen LogP contribution is 2.26. The molecule has 6 heteroatoms. The minimum Gasteiger partial charge on any atom is -0.494 e. The van der Waals surface area contributed by atoms with E-state index in [2.05, 4.69) is 10.3 Å². The molecule has 2 rings (SSSR count). The molecule has 0 saturated carbocycles. The first-order chi connectivity index (χ1) is 9.69. The van der Waals surface area contributed by atoms with Crippen molar-refractivity contribution in [2.75, 3.05) is 23.9 Å². The molecule has 2 aromatic rings. The lowest BCUT2D eigenvalue weighted by molar-refractivity contribution is -0.113. The highest BCUT2D eigenvalue weighted by Gasteiger charge is 2.08. The zero-order valence-corrected chi connectivity index (χ0v) is 11.8. The molecule has 20 heavy (non-hydrogen) atoms. The number of hydrogen-bond donors (Lipinski definition) is 2. The summed E-state index contributed by atoms with van der Waals surface area (Å²) in [4.78, 5) is 16.0. The molecular formula is C14H15N3O2S. The maximum absolute atomic E-state index is 11.9. The predicted molar refractivity (Wildman–Crippen MR) is 81.0 cm³/mol. The van der Waals surface area contributed by atoms with Crippen molar-refractivity contribution in [2.45, 2.75) is 5.03 Å². The van der Waals surface area contributed by atoms with E-state index in [0.717, 1.165) is 5.03 Å². The van der Waals surface area contributed by atoms with Crippen LogP contribution in [0.25, 0.3) is 0 Å². The largest absolute Gasteiger partial charge is 0.494 e. The average Bonchev–Trinajstić information content (AvgIpc) is 2.48. The van der Waals surface area contributed by atoms with Gasteiger partial charge in [-0.1, -0.05) is 17.8 Å². The minimum atomic E-state index is -0.122. The number of rotatable bonds is 5. The van der Waals surface area contributed by atoms with Crippen LogP contribution in [0.1, 0.15) is 0 Å². The SMILES string of the molecule is COc1cc(N)ccc1NC(=O)CSc1ccccn1. The molecular weight excluding hydrogens is 274 g/mol. The maximum Gasteiger partial charge on any atom is 0.234 e. The Labute approximate surface area is 121 Å². The fourth-order valence-corrected chi connectivity index (χ4v) is 2.23. The monoisotopic (exact) mass is 289 g/mol. The van der Waals surface area contributed by atoms with Gasteiger partial charge in [-0.05, 0) is 24.3 Å². The van der Waals surface area contributed by atoms with Crippen molar-refractivity contribution in [2.24, 2.45) is 0 Å². The lowest BCUT2D eigenvalue weighted by Gasteiger charge is -2.10. The molecule has 0 aliphatic heterocycles. The van der Waals surface area contributed by atoms with Crippen molar-refractivity contribution >= 4 is 29.0 Å². The fraction of sp³-hybridized carbons (Fsp3) is 0.143. The number of aromatic nitrogens is 1. The molecule has 0 saturated heterocycles. The Morgan fingerprint density at radius 3 is 2.95 bits per heavy atom. The number of benzene rings is 1. The van der Waals surface area contributed by atoms with Crippen molar-refractivity contribution < 1.29 is 9.53 Å². The molecule has 3 N–H and O–H groups in total. The summed E-state index contributed by atoms with van der Waals surface area (Å²) in [6.45, 7) is 0. The number of nitrogens with two attached hydrogens (primary N) is 1. The van der Waals surface area contributed by atoms with Crippen LogP contribution < -0.4 is 15.8 Å². The average molecular weight is 289 g/mol. The number of ether oxygens (including phenoxy) is 1. The predicted octanol–water partition coefficient (Wildman–Crippen LogP) is 2.40. The number of pyridine rings is 1. The van der Waals surface area contributed by atoms with Gasteiger partial charge in [0.25, 0.3) is 0 Å². The van der Waals surface area contributed by atoms with E-state index in [4.69, 9.17) is 10.5 Å². The van der Waals surface area contributed by atoms with E-state index in [1.165, 1.54) is 18.9 Å². The summed E-state index contributed by atoms with van der Waals surface area (Å²) in [6, 6.07) is 10.7. The van der Waals surface area contributed by atoms with Crippen LogP contribution in [-0.2, 0) is 4.79 Å². The Hall–Kier alpha value is -2.21. The lowest BCUT2D eigenvalue weighted by atomic mass is 10.2. The van der Waals surface area contributed by atoms with Gasteiger partial charge in [0.2, 0.25) is 5.91 Å². The van der Waals surface area contributed by atoms with Crippen molar-refractivity contribution in [3.8, 4) is 5.75 Å². The van der Waals surface area contributed by atoms with Gasteiger partial charge in [0.15, 0.2) is 0 Å². The van der Waals surface area contributed by atoms with Gasteiger partial charge in [-0.25, -0.2) is 4.98 Å². The van der Waals surface area contributed by atoms with Crippen LogP contribution in [0, 0.1) is 0 Å². The number of thioether (sulfide) groups is 1. The molecule has 0 spiro atoms. The third kappa shape index (κ3) is 3.89. The summed E-state index contributed by atoms with van der Waals surface area (Å²) in [6.07, 6.45) is 1.70. The second-order valence-electron chi connectivity index (χ2n) is 3.96. The Morgan fingerprint density at radius 2 is 2.25 bits per heavy atom. The topological polar surface area (TPSA) is 77.2 Å². The van der Waals surface area contributed by atoms with Crippen LogP contribution in [0.5, 0.6) is 5.75 Å². The molecule has 0 aliphatic carbocycles. The van der Waals surface area contributed by atoms with Gasteiger partial charge in [0, 0.05) is 18.0 Å². The number of carbonyl (C=O) groups is 1. The Morgan fingerprint density at radius 1 is 1.40 bits per heavy atom. The summed E-state index contributed by atoms with van der Waals surface area (Å²) in [5.74, 6) is 0.703. The number of methoxy groups -OCH3 is 1. The lowest BCUT2D eigenvalue weighted by Crippen LogP contribution is -2.14. The number of nitrogens with one attached hydrogen (secondary N) is 1. The van der Waals surface area contributed by atoms with Gasteiger partial charge < -0.3 is 15.8 Å². The summed E-state index contributed by atoms with van der Waals surface area (Å²) < 4.78 is 5.18. The molecule has 1 aromatic carbocycles. The number of nitrogen functional groups attached to an aromatic ring is 1. The number of nitrogens with zero attached hydrogens (tertiary/aromatic N) is 1. The molecule has 0 radical (unpaired) electrons. The number of carbonyl (C=O) groups excluding carboxylic acids is 1. The highest BCUT2D eigenvalue weighted by atomic mass is 32.2. The summed E-state index contributed by atoms with van der Waals surface area (Å²) in [5, 5.41) is 3.60. The normalized spacial score (nSPS) is 10.1. The van der Waals surface area contributed by atoms with Crippen molar-refractivity contribution in [1.29, 1.82) is 0 Å². The van der Waals surface area contributed by atoms with E-state index in [9.17, 15) is 4.79 Å². The standard InChI is InChI=1S/C14H15N3O2S/c1-19-12-8-10(15)5-6-11(12)17-13(18)9-20-14-4-2-3-7-16-14/h2-8H,9,15H2,1H3,(H,17,18). The van der Waals surface area contributed by atoms with Gasteiger partial charge in [-0.2, -0.15) is 0 Å². The van der Waals surface area contributed by atoms with Gasteiger partial charge in [0.05, 0.1) is 23.6 Å². The Bertz CT molecular complexity index is 590. The van der Waals surface area contributed by atoms with E-state index < -0.39 is 0 Å². The van der Waals surface area contributed by atoms with Gasteiger partial charge in [-0.3, -0.25) is 4.79 Å². The van der Waals surface area contributed by atoms with Crippen LogP contribution in [0.4, 0.5) is 11.4 Å². The molecule has 1 amide bonds. The first-order valence-electron chi connectivity index (χ1n) is 5.96. The number of amides is 1. The molecule has 1 heterocycles. The molecule has 5 nitrogen and oxygen atoms in total. The third-order valence-corrected chi connectivity index (χ3v) is 3.43. The first kappa shape index (κ1) is 14.2. The summed E-state index contributed by atoms with van der Waals surface area (Å²) in [7, 11) is 1.53. The summed E-state index contributed by atoms with van der Waals surface area (Å²) >= 11 is 1.38. The quantitative estimate of drug-likeness (QED) is 0.653. The van der Waals surface area contributed by atoms with E-state index in [-0.39, 0.29) is 11.7 Å². The minimum absolute atomic E-state index is 0.122. The van der Waals surface area contributed by atoms with Crippen LogP contribution in [0.2, 0.25) is 0 Å². The van der Waals surface area contributed by atoms with Gasteiger partial charge in [0.1, 0.15) is 5.75 Å². The maximum atomic E-state index is 11.9. The molecule has 0 atom stereocenters. The molecule has 0 unspecified atom stereocenters. The third-order valence-electron chi connectivity index (χ3n) is 2.49. The van der Waals surface area contributed by atoms with E-state index in [1.807, 2.05) is 18.2 Å². The van der Waals surface area contributed by atoms with Gasteiger partial charge >= 0.3 is 0 Å². The van der Waals surface area contributed by atoms with Crippen LogP contribution in [0.3, 0.4) is 0 Å². The molecule has 0 fully saturated rings. The second-order valence-corrected chi connectivity index (χ2v) is 4.96. The highest BCUT2D eigenvalue weighted by molar-refractivity contribution is 7.99. The van der Waals surface area contributed by atoms with E-state index in [0.29, 0.717) is 17.1 Å². The summed E-state index contributed by atoms with van der Waals surface area (Å²) in [5.41, 5.74) is 6.85. The molecule has 0 aliphatic rings. The number of anilines is 2. The molecule has 1 aromatic heterocycles. The second kappa shape index (κ2) is 6.81. The molecule has 104 valence electrons. The van der Waals surface area contributed by atoms with E-state index >= 15 is 0 Å². The zero-order chi connectivity index (χ0) is 14.4. The first-order valence-corrected chi connectivity index (χ1v) is 6.95. The van der Waals surface area contributed by atoms with Crippen LogP contribution >= 0.6 is 11.8 Å². The van der Waals surface area contributed by atoms with Crippen LogP contribution in [0.15, 0.2) is 47.6 Å². The van der Waals surface area contributed by atoms with Gasteiger partial charge in [-0.15, -0.1) is 0 Å². The Balaban J connectivity index is 1.95. The van der Waals surface area contributed by atoms with E-state index in [1.54, 1.807) is 24.4 Å². The molecule has 0 bridgehead atoms. The van der Waals surface area contributed by atoms with Crippen molar-refractivity contribution in [1.82, 2.24) is 4.98 Å². The zero-order valence-electron chi connectivity index (χ0n) is 11.0. The van der Waals surface area contributed by atoms with Crippen molar-refractivity contribution in [3.05, 3.63) is 42.6 Å².